The summed E-state index contributed by atoms with van der Waals surface area (Å²) in [4.78, 5) is 0. The van der Waals surface area contributed by atoms with Gasteiger partial charge in [0.05, 0.1) is 5.88 Å². The highest BCUT2D eigenvalue weighted by Gasteiger charge is 2.20. The van der Waals surface area contributed by atoms with Crippen LogP contribution in [-0.4, -0.2) is 15.0 Å². The van der Waals surface area contributed by atoms with Gasteiger partial charge in [-0.25, -0.2) is 13.5 Å². The lowest BCUT2D eigenvalue weighted by Gasteiger charge is -2.04. The van der Waals surface area contributed by atoms with Crippen molar-refractivity contribution in [1.29, 1.82) is 0 Å². The smallest absolute Gasteiger partial charge is 0.243 e. The molecule has 1 rings (SSSR count). The van der Waals surface area contributed by atoms with E-state index in [1.54, 1.807) is 0 Å². The van der Waals surface area contributed by atoms with E-state index in [1.807, 2.05) is 6.92 Å². The molecule has 0 aromatic carbocycles. The highest BCUT2D eigenvalue weighted by molar-refractivity contribution is 6.16. The Labute approximate surface area is 86.1 Å². The Hall–Kier alpha value is -0.710. The summed E-state index contributed by atoms with van der Waals surface area (Å²) in [6.07, 6.45) is -0.820. The van der Waals surface area contributed by atoms with Crippen LogP contribution in [0.1, 0.15) is 37.6 Å². The Balaban J connectivity index is 2.87. The Kier molecular flexibility index (Phi) is 4.25. The first kappa shape index (κ1) is 11.4. The highest BCUT2D eigenvalue weighted by Crippen LogP contribution is 2.22. The Morgan fingerprint density at radius 1 is 1.50 bits per heavy atom. The van der Waals surface area contributed by atoms with E-state index in [1.165, 1.54) is 4.68 Å². The van der Waals surface area contributed by atoms with Gasteiger partial charge in [-0.15, -0.1) is 16.7 Å². The molecule has 0 N–H and O–H groups in total. The minimum Gasteiger partial charge on any atom is -0.243 e. The molecule has 0 aliphatic carbocycles. The second-order valence-electron chi connectivity index (χ2n) is 2.93. The molecule has 0 bridgehead atoms. The molecule has 0 unspecified atom stereocenters. The van der Waals surface area contributed by atoms with Crippen LogP contribution in [0.25, 0.3) is 0 Å². The molecule has 0 aliphatic heterocycles. The summed E-state index contributed by atoms with van der Waals surface area (Å²) >= 11 is 5.47. The summed E-state index contributed by atoms with van der Waals surface area (Å²) in [5.74, 6) is -0.0220. The first-order valence-corrected chi connectivity index (χ1v) is 5.00. The van der Waals surface area contributed by atoms with Crippen molar-refractivity contribution in [2.24, 2.45) is 0 Å². The molecule has 1 aromatic rings. The van der Waals surface area contributed by atoms with E-state index >= 15 is 0 Å². The second kappa shape index (κ2) is 5.24. The number of aryl methyl sites for hydroxylation is 1. The quantitative estimate of drug-likeness (QED) is 0.719. The topological polar surface area (TPSA) is 30.7 Å². The molecule has 1 aromatic heterocycles. The van der Waals surface area contributed by atoms with Crippen molar-refractivity contribution in [2.45, 2.75) is 38.6 Å². The lowest BCUT2D eigenvalue weighted by molar-refractivity contribution is 0.138. The summed E-state index contributed by atoms with van der Waals surface area (Å²) in [6.45, 7) is 2.46. The van der Waals surface area contributed by atoms with Crippen LogP contribution in [0.15, 0.2) is 0 Å². The molecule has 80 valence electrons. The number of alkyl halides is 3. The third-order valence-corrected chi connectivity index (χ3v) is 2.16. The van der Waals surface area contributed by atoms with Crippen molar-refractivity contribution in [3.8, 4) is 0 Å². The molecule has 0 saturated carbocycles. The zero-order valence-electron chi connectivity index (χ0n) is 7.88. The van der Waals surface area contributed by atoms with E-state index in [0.29, 0.717) is 6.54 Å². The van der Waals surface area contributed by atoms with Gasteiger partial charge in [0.15, 0.2) is 0 Å². The standard InChI is InChI=1S/C8H12ClF2N3/c1-2-3-4-14-7(8(10)11)6(5-9)12-13-14/h8H,2-5H2,1H3. The summed E-state index contributed by atoms with van der Waals surface area (Å²) in [6, 6.07) is 0. The summed E-state index contributed by atoms with van der Waals surface area (Å²) < 4.78 is 26.4. The van der Waals surface area contributed by atoms with E-state index < -0.39 is 6.43 Å². The molecule has 6 heteroatoms. The van der Waals surface area contributed by atoms with Crippen molar-refractivity contribution in [2.75, 3.05) is 0 Å². The molecule has 0 aliphatic rings. The van der Waals surface area contributed by atoms with Gasteiger partial charge in [-0.2, -0.15) is 0 Å². The van der Waals surface area contributed by atoms with Gasteiger partial charge in [0, 0.05) is 6.54 Å². The van der Waals surface area contributed by atoms with Crippen LogP contribution < -0.4 is 0 Å². The van der Waals surface area contributed by atoms with E-state index in [2.05, 4.69) is 10.3 Å². The van der Waals surface area contributed by atoms with Gasteiger partial charge in [0.1, 0.15) is 11.4 Å². The number of hydrogen-bond acceptors (Lipinski definition) is 2. The molecule has 0 saturated heterocycles. The lowest BCUT2D eigenvalue weighted by atomic mass is 10.3. The van der Waals surface area contributed by atoms with Gasteiger partial charge in [-0.1, -0.05) is 18.6 Å². The van der Waals surface area contributed by atoms with Crippen molar-refractivity contribution >= 4 is 11.6 Å². The lowest BCUT2D eigenvalue weighted by Crippen LogP contribution is -2.06. The SMILES string of the molecule is CCCCn1nnc(CCl)c1C(F)F. The Bertz CT molecular complexity index is 288. The summed E-state index contributed by atoms with van der Waals surface area (Å²) in [5, 5.41) is 7.26. The van der Waals surface area contributed by atoms with Crippen molar-refractivity contribution < 1.29 is 8.78 Å². The van der Waals surface area contributed by atoms with E-state index in [-0.39, 0.29) is 17.3 Å². The number of halogens is 3. The zero-order chi connectivity index (χ0) is 10.6. The van der Waals surface area contributed by atoms with Crippen LogP contribution in [0.5, 0.6) is 0 Å². The maximum atomic E-state index is 12.6. The van der Waals surface area contributed by atoms with Crippen molar-refractivity contribution in [3.05, 3.63) is 11.4 Å². The third kappa shape index (κ3) is 2.41. The van der Waals surface area contributed by atoms with Crippen molar-refractivity contribution in [1.82, 2.24) is 15.0 Å². The minimum atomic E-state index is -2.56. The normalized spacial score (nSPS) is 11.2. The van der Waals surface area contributed by atoms with Gasteiger partial charge in [-0.05, 0) is 6.42 Å². The van der Waals surface area contributed by atoms with E-state index in [0.717, 1.165) is 12.8 Å². The molecule has 0 amide bonds. The zero-order valence-corrected chi connectivity index (χ0v) is 8.64. The van der Waals surface area contributed by atoms with Gasteiger partial charge in [0.2, 0.25) is 0 Å². The minimum absolute atomic E-state index is 0.0220. The van der Waals surface area contributed by atoms with Gasteiger partial charge in [0.25, 0.3) is 6.43 Å². The highest BCUT2D eigenvalue weighted by atomic mass is 35.5. The fourth-order valence-corrected chi connectivity index (χ4v) is 1.35. The average molecular weight is 224 g/mol. The summed E-state index contributed by atoms with van der Waals surface area (Å²) in [5.41, 5.74) is 0.0335. The van der Waals surface area contributed by atoms with E-state index in [4.69, 9.17) is 11.6 Å². The molecular weight excluding hydrogens is 212 g/mol. The number of unbranched alkanes of at least 4 members (excludes halogenated alkanes) is 1. The maximum absolute atomic E-state index is 12.6. The fourth-order valence-electron chi connectivity index (χ4n) is 1.16. The molecule has 14 heavy (non-hydrogen) atoms. The average Bonchev–Trinajstić information content (AvgIpc) is 2.57. The first-order valence-electron chi connectivity index (χ1n) is 4.47. The maximum Gasteiger partial charge on any atom is 0.281 e. The predicted octanol–water partition coefficient (Wildman–Crippen LogP) is 2.75. The van der Waals surface area contributed by atoms with Gasteiger partial charge < -0.3 is 0 Å². The molecular formula is C8H12ClF2N3. The first-order chi connectivity index (χ1) is 6.70. The Morgan fingerprint density at radius 2 is 2.21 bits per heavy atom. The van der Waals surface area contributed by atoms with Crippen LogP contribution in [0.3, 0.4) is 0 Å². The molecule has 3 nitrogen and oxygen atoms in total. The van der Waals surface area contributed by atoms with Crippen LogP contribution in [0.4, 0.5) is 8.78 Å². The number of nitrogens with zero attached hydrogens (tertiary/aromatic N) is 3. The van der Waals surface area contributed by atoms with Crippen molar-refractivity contribution in [3.63, 3.8) is 0 Å². The Morgan fingerprint density at radius 3 is 2.71 bits per heavy atom. The number of rotatable bonds is 5. The van der Waals surface area contributed by atoms with Crippen LogP contribution >= 0.6 is 11.6 Å². The molecule has 0 atom stereocenters. The molecule has 0 spiro atoms. The van der Waals surface area contributed by atoms with Crippen LogP contribution in [-0.2, 0) is 12.4 Å². The molecule has 1 heterocycles. The fraction of sp³-hybridized carbons (Fsp3) is 0.750. The molecule has 0 fully saturated rings. The largest absolute Gasteiger partial charge is 0.281 e. The predicted molar refractivity (Wildman–Crippen MR) is 49.4 cm³/mol. The third-order valence-electron chi connectivity index (χ3n) is 1.90. The monoisotopic (exact) mass is 223 g/mol. The van der Waals surface area contributed by atoms with Crippen LogP contribution in [0, 0.1) is 0 Å². The van der Waals surface area contributed by atoms with Crippen LogP contribution in [0.2, 0.25) is 0 Å². The number of hydrogen-bond donors (Lipinski definition) is 0. The van der Waals surface area contributed by atoms with Gasteiger partial charge >= 0.3 is 0 Å². The van der Waals surface area contributed by atoms with Gasteiger partial charge in [-0.3, -0.25) is 0 Å². The second-order valence-corrected chi connectivity index (χ2v) is 3.20. The number of aromatic nitrogens is 3. The molecule has 0 radical (unpaired) electrons. The van der Waals surface area contributed by atoms with E-state index in [9.17, 15) is 8.78 Å². The summed E-state index contributed by atoms with van der Waals surface area (Å²) in [7, 11) is 0.